The molecular formula is C18H21N5O2S. The highest BCUT2D eigenvalue weighted by Gasteiger charge is 2.33. The lowest BCUT2D eigenvalue weighted by Crippen LogP contribution is -2.39. The number of hydrogen-bond acceptors (Lipinski definition) is 5. The summed E-state index contributed by atoms with van der Waals surface area (Å²) in [6.45, 7) is 4.31. The minimum absolute atomic E-state index is 0.114. The first-order chi connectivity index (χ1) is 12.5. The summed E-state index contributed by atoms with van der Waals surface area (Å²) in [5, 5.41) is 17.2. The number of nitriles is 1. The quantitative estimate of drug-likeness (QED) is 0.887. The van der Waals surface area contributed by atoms with E-state index in [0.717, 1.165) is 25.9 Å². The number of rotatable bonds is 3. The molecule has 0 radical (unpaired) electrons. The van der Waals surface area contributed by atoms with Gasteiger partial charge in [-0.15, -0.1) is 0 Å². The molecule has 2 aliphatic heterocycles. The van der Waals surface area contributed by atoms with Gasteiger partial charge in [-0.3, -0.25) is 4.68 Å². The van der Waals surface area contributed by atoms with Crippen LogP contribution in [-0.2, 0) is 23.1 Å². The van der Waals surface area contributed by atoms with Crippen LogP contribution in [0.2, 0.25) is 0 Å². The molecule has 3 heterocycles. The van der Waals surface area contributed by atoms with E-state index in [2.05, 4.69) is 15.1 Å². The standard InChI is InChI=1S/C18H21N5O2S/c1-13-3-2-4-18(16(13)9-19)26(24,25)22-7-5-15(6-8-22)23-17-12-20-10-14(17)11-21-23/h2-4,11,15,20H,5-8,10,12H2,1H3. The van der Waals surface area contributed by atoms with Gasteiger partial charge in [-0.05, 0) is 31.4 Å². The van der Waals surface area contributed by atoms with Crippen molar-refractivity contribution >= 4 is 10.0 Å². The predicted octanol–water partition coefficient (Wildman–Crippen LogP) is 1.69. The molecule has 2 aromatic rings. The summed E-state index contributed by atoms with van der Waals surface area (Å²) in [4.78, 5) is 0.114. The highest BCUT2D eigenvalue weighted by atomic mass is 32.2. The van der Waals surface area contributed by atoms with Gasteiger partial charge < -0.3 is 5.32 Å². The van der Waals surface area contributed by atoms with Crippen LogP contribution in [-0.4, -0.2) is 35.6 Å². The van der Waals surface area contributed by atoms with E-state index >= 15 is 0 Å². The monoisotopic (exact) mass is 371 g/mol. The van der Waals surface area contributed by atoms with Crippen LogP contribution in [0.4, 0.5) is 0 Å². The first-order valence-electron chi connectivity index (χ1n) is 8.78. The lowest BCUT2D eigenvalue weighted by Gasteiger charge is -2.32. The summed E-state index contributed by atoms with van der Waals surface area (Å²) < 4.78 is 29.6. The van der Waals surface area contributed by atoms with Gasteiger partial charge in [-0.1, -0.05) is 12.1 Å². The molecule has 0 aliphatic carbocycles. The summed E-state index contributed by atoms with van der Waals surface area (Å²) in [6.07, 6.45) is 3.35. The molecule has 2 aliphatic rings. The third-order valence-corrected chi connectivity index (χ3v) is 7.27. The van der Waals surface area contributed by atoms with Crippen molar-refractivity contribution in [1.29, 1.82) is 5.26 Å². The van der Waals surface area contributed by atoms with Gasteiger partial charge in [-0.2, -0.15) is 14.7 Å². The third kappa shape index (κ3) is 2.72. The molecule has 7 nitrogen and oxygen atoms in total. The fraction of sp³-hybridized carbons (Fsp3) is 0.444. The summed E-state index contributed by atoms with van der Waals surface area (Å²) >= 11 is 0. The Balaban J connectivity index is 1.54. The van der Waals surface area contributed by atoms with Gasteiger partial charge in [-0.25, -0.2) is 8.42 Å². The zero-order valence-corrected chi connectivity index (χ0v) is 15.5. The highest BCUT2D eigenvalue weighted by molar-refractivity contribution is 7.89. The van der Waals surface area contributed by atoms with E-state index in [1.807, 2.05) is 12.3 Å². The lowest BCUT2D eigenvalue weighted by molar-refractivity contribution is 0.257. The van der Waals surface area contributed by atoms with E-state index in [0.29, 0.717) is 18.7 Å². The zero-order chi connectivity index (χ0) is 18.3. The minimum atomic E-state index is -3.66. The van der Waals surface area contributed by atoms with Crippen LogP contribution in [0.15, 0.2) is 29.3 Å². The maximum atomic E-state index is 13.0. The number of aryl methyl sites for hydroxylation is 1. The topological polar surface area (TPSA) is 91.0 Å². The van der Waals surface area contributed by atoms with Crippen LogP contribution < -0.4 is 5.32 Å². The fourth-order valence-corrected chi connectivity index (χ4v) is 5.55. The molecule has 136 valence electrons. The Hall–Kier alpha value is -2.21. The van der Waals surface area contributed by atoms with Crippen LogP contribution >= 0.6 is 0 Å². The molecule has 1 N–H and O–H groups in total. The molecule has 0 spiro atoms. The average Bonchev–Trinajstić information content (AvgIpc) is 3.25. The van der Waals surface area contributed by atoms with Crippen LogP contribution in [0.3, 0.4) is 0 Å². The maximum absolute atomic E-state index is 13.0. The van der Waals surface area contributed by atoms with Crippen LogP contribution in [0.5, 0.6) is 0 Å². The molecule has 1 fully saturated rings. The average molecular weight is 371 g/mol. The Morgan fingerprint density at radius 1 is 1.27 bits per heavy atom. The summed E-state index contributed by atoms with van der Waals surface area (Å²) in [5.74, 6) is 0. The number of nitrogens with one attached hydrogen (secondary N) is 1. The summed E-state index contributed by atoms with van der Waals surface area (Å²) in [6, 6.07) is 7.24. The Bertz CT molecular complexity index is 981. The van der Waals surface area contributed by atoms with Gasteiger partial charge in [0.05, 0.1) is 23.5 Å². The Morgan fingerprint density at radius 3 is 2.77 bits per heavy atom. The molecule has 0 saturated carbocycles. The number of benzene rings is 1. The van der Waals surface area contributed by atoms with Crippen molar-refractivity contribution in [2.24, 2.45) is 0 Å². The molecule has 8 heteroatoms. The second kappa shape index (κ2) is 6.50. The largest absolute Gasteiger partial charge is 0.307 e. The molecule has 26 heavy (non-hydrogen) atoms. The molecule has 0 amide bonds. The van der Waals surface area contributed by atoms with E-state index in [-0.39, 0.29) is 16.5 Å². The van der Waals surface area contributed by atoms with Gasteiger partial charge in [0.25, 0.3) is 0 Å². The Morgan fingerprint density at radius 2 is 2.04 bits per heavy atom. The summed E-state index contributed by atoms with van der Waals surface area (Å²) in [7, 11) is -3.66. The number of nitrogens with zero attached hydrogens (tertiary/aromatic N) is 4. The number of piperidine rings is 1. The SMILES string of the molecule is Cc1cccc(S(=O)(=O)N2CCC(n3ncc4c3CNC4)CC2)c1C#N. The van der Waals surface area contributed by atoms with Crippen molar-refractivity contribution in [3.63, 3.8) is 0 Å². The first kappa shape index (κ1) is 17.2. The maximum Gasteiger partial charge on any atom is 0.244 e. The highest BCUT2D eigenvalue weighted by Crippen LogP contribution is 2.30. The molecule has 1 aromatic heterocycles. The van der Waals surface area contributed by atoms with Crippen molar-refractivity contribution in [2.75, 3.05) is 13.1 Å². The Kier molecular flexibility index (Phi) is 4.31. The Labute approximate surface area is 153 Å². The summed E-state index contributed by atoms with van der Waals surface area (Å²) in [5.41, 5.74) is 3.38. The van der Waals surface area contributed by atoms with Gasteiger partial charge in [0.15, 0.2) is 0 Å². The van der Waals surface area contributed by atoms with E-state index in [1.165, 1.54) is 21.6 Å². The van der Waals surface area contributed by atoms with Crippen LogP contribution in [0.25, 0.3) is 0 Å². The second-order valence-corrected chi connectivity index (χ2v) is 8.77. The van der Waals surface area contributed by atoms with Crippen LogP contribution in [0.1, 0.15) is 41.3 Å². The van der Waals surface area contributed by atoms with Gasteiger partial charge in [0, 0.05) is 31.7 Å². The molecule has 1 saturated heterocycles. The van der Waals surface area contributed by atoms with Crippen molar-refractivity contribution in [3.8, 4) is 6.07 Å². The van der Waals surface area contributed by atoms with Gasteiger partial charge in [0.1, 0.15) is 11.0 Å². The zero-order valence-electron chi connectivity index (χ0n) is 14.6. The predicted molar refractivity (Wildman–Crippen MR) is 95.7 cm³/mol. The second-order valence-electron chi connectivity index (χ2n) is 6.86. The fourth-order valence-electron chi connectivity index (χ4n) is 3.86. The first-order valence-corrected chi connectivity index (χ1v) is 10.2. The molecule has 0 bridgehead atoms. The normalized spacial score (nSPS) is 18.6. The number of hydrogen-bond donors (Lipinski definition) is 1. The number of aromatic nitrogens is 2. The van der Waals surface area contributed by atoms with E-state index in [1.54, 1.807) is 19.1 Å². The van der Waals surface area contributed by atoms with Crippen LogP contribution in [0, 0.1) is 18.3 Å². The molecule has 0 atom stereocenters. The van der Waals surface area contributed by atoms with E-state index < -0.39 is 10.0 Å². The third-order valence-electron chi connectivity index (χ3n) is 5.33. The number of fused-ring (bicyclic) bond motifs is 1. The van der Waals surface area contributed by atoms with E-state index in [9.17, 15) is 13.7 Å². The molecule has 0 unspecified atom stereocenters. The minimum Gasteiger partial charge on any atom is -0.307 e. The molecule has 1 aromatic carbocycles. The van der Waals surface area contributed by atoms with Crippen molar-refractivity contribution in [1.82, 2.24) is 19.4 Å². The van der Waals surface area contributed by atoms with Crippen molar-refractivity contribution in [3.05, 3.63) is 46.8 Å². The molecular weight excluding hydrogens is 350 g/mol. The number of sulfonamides is 1. The smallest absolute Gasteiger partial charge is 0.244 e. The molecule has 4 rings (SSSR count). The van der Waals surface area contributed by atoms with Crippen molar-refractivity contribution in [2.45, 2.75) is 43.8 Å². The van der Waals surface area contributed by atoms with Gasteiger partial charge >= 0.3 is 0 Å². The van der Waals surface area contributed by atoms with E-state index in [4.69, 9.17) is 0 Å². The van der Waals surface area contributed by atoms with Crippen molar-refractivity contribution < 1.29 is 8.42 Å². The van der Waals surface area contributed by atoms with Gasteiger partial charge in [0.2, 0.25) is 10.0 Å². The lowest BCUT2D eigenvalue weighted by atomic mass is 10.1.